The summed E-state index contributed by atoms with van der Waals surface area (Å²) in [6.07, 6.45) is 7.36. The van der Waals surface area contributed by atoms with E-state index >= 15 is 0 Å². The molecule has 108 valence electrons. The zero-order valence-electron chi connectivity index (χ0n) is 12.3. The number of fused-ring (bicyclic) bond motifs is 2. The molecule has 3 N–H and O–H groups in total. The van der Waals surface area contributed by atoms with Crippen LogP contribution in [-0.4, -0.2) is 21.0 Å². The number of nitrogens with two attached hydrogens (primary N) is 1. The average Bonchev–Trinajstić information content (AvgIpc) is 2.86. The summed E-state index contributed by atoms with van der Waals surface area (Å²) in [7, 11) is 0. The zero-order chi connectivity index (χ0) is 14.5. The number of hydrogen-bond acceptors (Lipinski definition) is 4. The Morgan fingerprint density at radius 1 is 1.35 bits per heavy atom. The second kappa shape index (κ2) is 4.38. The molecule has 0 saturated heterocycles. The van der Waals surface area contributed by atoms with E-state index in [-0.39, 0.29) is 4.99 Å². The monoisotopic (exact) mass is 290 g/mol. The van der Waals surface area contributed by atoms with Crippen molar-refractivity contribution in [2.45, 2.75) is 46.1 Å². The van der Waals surface area contributed by atoms with Crippen molar-refractivity contribution in [3.63, 3.8) is 0 Å². The number of nitrogens with one attached hydrogen (secondary N) is 1. The topological polar surface area (TPSA) is 63.8 Å². The van der Waals surface area contributed by atoms with Crippen molar-refractivity contribution in [1.29, 1.82) is 0 Å². The maximum absolute atomic E-state index is 5.55. The number of rotatable bonds is 3. The summed E-state index contributed by atoms with van der Waals surface area (Å²) in [6, 6.07) is 0.443. The Morgan fingerprint density at radius 2 is 2.10 bits per heavy atom. The molecular weight excluding hydrogens is 268 g/mol. The molecule has 0 amide bonds. The Bertz CT molecular complexity index is 535. The first-order valence-electron chi connectivity index (χ1n) is 7.21. The standard InChI is InChI=1S/C15H22N4S/c1-14(2)9-4-5-15(3,6-9)13(14)19-11-8-17-10(7-18-11)12(16)20/h7-9,13H,4-6H2,1-3H3,(H2,16,20)(H,18,19). The fourth-order valence-corrected chi connectivity index (χ4v) is 4.45. The maximum Gasteiger partial charge on any atom is 0.144 e. The van der Waals surface area contributed by atoms with E-state index in [0.717, 1.165) is 11.7 Å². The van der Waals surface area contributed by atoms with Crippen LogP contribution in [0, 0.1) is 16.7 Å². The fraction of sp³-hybridized carbons (Fsp3) is 0.667. The van der Waals surface area contributed by atoms with E-state index in [1.807, 2.05) is 0 Å². The molecule has 2 saturated carbocycles. The molecule has 4 nitrogen and oxygen atoms in total. The van der Waals surface area contributed by atoms with E-state index in [0.29, 0.717) is 22.6 Å². The van der Waals surface area contributed by atoms with Crippen molar-refractivity contribution < 1.29 is 0 Å². The van der Waals surface area contributed by atoms with Gasteiger partial charge in [0.15, 0.2) is 0 Å². The maximum atomic E-state index is 5.55. The van der Waals surface area contributed by atoms with Gasteiger partial charge in [0.1, 0.15) is 16.5 Å². The Hall–Kier alpha value is -1.23. The van der Waals surface area contributed by atoms with Gasteiger partial charge in [-0.2, -0.15) is 0 Å². The molecule has 0 radical (unpaired) electrons. The molecule has 3 atom stereocenters. The van der Waals surface area contributed by atoms with Gasteiger partial charge in [-0.05, 0) is 36.0 Å². The van der Waals surface area contributed by atoms with Crippen LogP contribution in [0.4, 0.5) is 5.82 Å². The third-order valence-corrected chi connectivity index (χ3v) is 5.68. The zero-order valence-corrected chi connectivity index (χ0v) is 13.1. The smallest absolute Gasteiger partial charge is 0.144 e. The predicted octanol–water partition coefficient (Wildman–Crippen LogP) is 2.74. The third kappa shape index (κ3) is 1.99. The highest BCUT2D eigenvalue weighted by molar-refractivity contribution is 7.80. The molecule has 1 heterocycles. The van der Waals surface area contributed by atoms with Crippen molar-refractivity contribution in [2.24, 2.45) is 22.5 Å². The summed E-state index contributed by atoms with van der Waals surface area (Å²) < 4.78 is 0. The van der Waals surface area contributed by atoms with Crippen LogP contribution in [0.15, 0.2) is 12.4 Å². The largest absolute Gasteiger partial charge is 0.388 e. The SMILES string of the molecule is CC12CCC(C1)C(C)(C)C2Nc1cnc(C(N)=S)cn1. The quantitative estimate of drug-likeness (QED) is 0.838. The van der Waals surface area contributed by atoms with Crippen LogP contribution in [0.5, 0.6) is 0 Å². The molecule has 1 aromatic heterocycles. The molecular formula is C15H22N4S. The van der Waals surface area contributed by atoms with E-state index in [4.69, 9.17) is 18.0 Å². The lowest BCUT2D eigenvalue weighted by Gasteiger charge is -2.43. The average molecular weight is 290 g/mol. The number of thiocarbonyl (C=S) groups is 1. The van der Waals surface area contributed by atoms with Crippen molar-refractivity contribution in [2.75, 3.05) is 5.32 Å². The summed E-state index contributed by atoms with van der Waals surface area (Å²) >= 11 is 4.90. The molecule has 0 aliphatic heterocycles. The van der Waals surface area contributed by atoms with E-state index in [2.05, 4.69) is 36.1 Å². The summed E-state index contributed by atoms with van der Waals surface area (Å²) in [5.74, 6) is 1.63. The highest BCUT2D eigenvalue weighted by Crippen LogP contribution is 2.62. The highest BCUT2D eigenvalue weighted by Gasteiger charge is 2.59. The van der Waals surface area contributed by atoms with Gasteiger partial charge in [0.2, 0.25) is 0 Å². The molecule has 20 heavy (non-hydrogen) atoms. The molecule has 2 fully saturated rings. The molecule has 2 aliphatic carbocycles. The van der Waals surface area contributed by atoms with E-state index < -0.39 is 0 Å². The van der Waals surface area contributed by atoms with Gasteiger partial charge in [-0.15, -0.1) is 0 Å². The fourth-order valence-electron chi connectivity index (χ4n) is 4.34. The van der Waals surface area contributed by atoms with Gasteiger partial charge in [-0.1, -0.05) is 33.0 Å². The lowest BCUT2D eigenvalue weighted by atomic mass is 9.68. The van der Waals surface area contributed by atoms with Crippen LogP contribution in [-0.2, 0) is 0 Å². The minimum atomic E-state index is 0.288. The summed E-state index contributed by atoms with van der Waals surface area (Å²) in [5, 5.41) is 3.61. The Labute approximate surface area is 125 Å². The number of hydrogen-bond donors (Lipinski definition) is 2. The van der Waals surface area contributed by atoms with Gasteiger partial charge in [-0.3, -0.25) is 0 Å². The van der Waals surface area contributed by atoms with E-state index in [1.54, 1.807) is 12.4 Å². The van der Waals surface area contributed by atoms with Gasteiger partial charge in [0.05, 0.1) is 12.4 Å². The van der Waals surface area contributed by atoms with E-state index in [9.17, 15) is 0 Å². The van der Waals surface area contributed by atoms with Crippen LogP contribution in [0.25, 0.3) is 0 Å². The molecule has 3 unspecified atom stereocenters. The first kappa shape index (κ1) is 13.7. The van der Waals surface area contributed by atoms with Crippen LogP contribution < -0.4 is 11.1 Å². The molecule has 0 spiro atoms. The first-order valence-corrected chi connectivity index (χ1v) is 7.62. The number of nitrogens with zero attached hydrogens (tertiary/aromatic N) is 2. The van der Waals surface area contributed by atoms with Gasteiger partial charge < -0.3 is 11.1 Å². The van der Waals surface area contributed by atoms with Gasteiger partial charge in [-0.25, -0.2) is 9.97 Å². The van der Waals surface area contributed by atoms with Crippen LogP contribution in [0.2, 0.25) is 0 Å². The minimum Gasteiger partial charge on any atom is -0.388 e. The van der Waals surface area contributed by atoms with Crippen molar-refractivity contribution in [3.8, 4) is 0 Å². The van der Waals surface area contributed by atoms with Crippen LogP contribution >= 0.6 is 12.2 Å². The van der Waals surface area contributed by atoms with Gasteiger partial charge >= 0.3 is 0 Å². The number of anilines is 1. The lowest BCUT2D eigenvalue weighted by molar-refractivity contribution is 0.155. The summed E-state index contributed by atoms with van der Waals surface area (Å²) in [5.41, 5.74) is 6.80. The van der Waals surface area contributed by atoms with Gasteiger partial charge in [0.25, 0.3) is 0 Å². The highest BCUT2D eigenvalue weighted by atomic mass is 32.1. The van der Waals surface area contributed by atoms with Crippen molar-refractivity contribution in [1.82, 2.24) is 9.97 Å². The van der Waals surface area contributed by atoms with Crippen molar-refractivity contribution in [3.05, 3.63) is 18.1 Å². The Balaban J connectivity index is 1.82. The first-order chi connectivity index (χ1) is 9.33. The second-order valence-electron chi connectivity index (χ2n) is 7.14. The third-order valence-electron chi connectivity index (χ3n) is 5.47. The number of aromatic nitrogens is 2. The summed E-state index contributed by atoms with van der Waals surface area (Å²) in [4.78, 5) is 8.95. The second-order valence-corrected chi connectivity index (χ2v) is 7.58. The van der Waals surface area contributed by atoms with E-state index in [1.165, 1.54) is 19.3 Å². The van der Waals surface area contributed by atoms with Crippen molar-refractivity contribution >= 4 is 23.0 Å². The van der Waals surface area contributed by atoms with Crippen LogP contribution in [0.3, 0.4) is 0 Å². The summed E-state index contributed by atoms with van der Waals surface area (Å²) in [6.45, 7) is 7.14. The molecule has 2 aliphatic rings. The molecule has 1 aromatic rings. The Morgan fingerprint density at radius 3 is 2.60 bits per heavy atom. The van der Waals surface area contributed by atoms with Gasteiger partial charge in [0, 0.05) is 6.04 Å². The Kier molecular flexibility index (Phi) is 3.01. The lowest BCUT2D eigenvalue weighted by Crippen LogP contribution is -2.46. The normalized spacial score (nSPS) is 34.1. The minimum absolute atomic E-state index is 0.288. The molecule has 5 heteroatoms. The molecule has 0 aromatic carbocycles. The predicted molar refractivity (Wildman–Crippen MR) is 84.6 cm³/mol. The molecule has 2 bridgehead atoms. The molecule has 3 rings (SSSR count). The van der Waals surface area contributed by atoms with Crippen LogP contribution in [0.1, 0.15) is 45.7 Å².